The normalized spacial score (nSPS) is 10.9. The van der Waals surface area contributed by atoms with Crippen molar-refractivity contribution in [2.45, 2.75) is 0 Å². The van der Waals surface area contributed by atoms with Crippen molar-refractivity contribution >= 4 is 0 Å². The first kappa shape index (κ1) is 28.7. The fraction of sp³-hybridized carbons (Fsp3) is 0. The zero-order valence-corrected chi connectivity index (χ0v) is 25.7. The Bertz CT molecular complexity index is 2170. The van der Waals surface area contributed by atoms with E-state index in [9.17, 15) is 0 Å². The summed E-state index contributed by atoms with van der Waals surface area (Å²) < 4.78 is 0. The van der Waals surface area contributed by atoms with Crippen molar-refractivity contribution in [3.63, 3.8) is 0 Å². The smallest absolute Gasteiger partial charge is 0.164 e. The molecule has 0 atom stereocenters. The van der Waals surface area contributed by atoms with Crippen LogP contribution in [-0.2, 0) is 0 Å². The van der Waals surface area contributed by atoms with Crippen molar-refractivity contribution < 1.29 is 0 Å². The van der Waals surface area contributed by atoms with Gasteiger partial charge in [-0.3, -0.25) is 0 Å². The van der Waals surface area contributed by atoms with Crippen molar-refractivity contribution in [1.82, 2.24) is 34.9 Å². The number of hydrogen-bond acceptors (Lipinski definition) is 7. The molecule has 7 heteroatoms. The zero-order valence-electron chi connectivity index (χ0n) is 25.7. The molecule has 226 valence electrons. The molecular formula is C41H27N7. The maximum atomic E-state index is 5.02. The van der Waals surface area contributed by atoms with Crippen LogP contribution in [0.5, 0.6) is 0 Å². The molecule has 0 unspecified atom stereocenters. The molecule has 0 radical (unpaired) electrons. The number of rotatable bonds is 7. The summed E-state index contributed by atoms with van der Waals surface area (Å²) >= 11 is 0. The standard InChI is InChI=1S/C41H27N7/c1-2-8-30(9-3-1)39-46-40(35-12-4-10-33(26-35)28-14-18-31(19-15-28)37-42-22-6-23-43-37)48-41(47-39)36-13-5-11-34(27-36)29-16-20-32(21-17-29)38-44-24-7-25-45-38/h1-27H. The lowest BCUT2D eigenvalue weighted by atomic mass is 10.0. The highest BCUT2D eigenvalue weighted by Crippen LogP contribution is 2.31. The highest BCUT2D eigenvalue weighted by Gasteiger charge is 2.14. The maximum absolute atomic E-state index is 5.02. The monoisotopic (exact) mass is 617 g/mol. The van der Waals surface area contributed by atoms with Gasteiger partial charge in [-0.1, -0.05) is 115 Å². The van der Waals surface area contributed by atoms with Gasteiger partial charge in [-0.15, -0.1) is 0 Å². The van der Waals surface area contributed by atoms with E-state index in [1.165, 1.54) is 0 Å². The van der Waals surface area contributed by atoms with Crippen LogP contribution in [-0.4, -0.2) is 34.9 Å². The van der Waals surface area contributed by atoms with E-state index in [2.05, 4.69) is 68.5 Å². The van der Waals surface area contributed by atoms with Crippen LogP contribution < -0.4 is 0 Å². The van der Waals surface area contributed by atoms with Gasteiger partial charge in [0.15, 0.2) is 29.1 Å². The zero-order chi connectivity index (χ0) is 32.1. The van der Waals surface area contributed by atoms with E-state index < -0.39 is 0 Å². The summed E-state index contributed by atoms with van der Waals surface area (Å²) in [6, 6.07) is 46.8. The Balaban J connectivity index is 1.16. The summed E-state index contributed by atoms with van der Waals surface area (Å²) in [7, 11) is 0. The van der Waals surface area contributed by atoms with Gasteiger partial charge in [-0.05, 0) is 46.5 Å². The molecule has 0 spiro atoms. The lowest BCUT2D eigenvalue weighted by molar-refractivity contribution is 1.07. The van der Waals surface area contributed by atoms with E-state index in [-0.39, 0.29) is 0 Å². The third-order valence-corrected chi connectivity index (χ3v) is 7.99. The minimum absolute atomic E-state index is 0.604. The van der Waals surface area contributed by atoms with Gasteiger partial charge in [0.2, 0.25) is 0 Å². The second-order valence-corrected chi connectivity index (χ2v) is 11.1. The highest BCUT2D eigenvalue weighted by molar-refractivity contribution is 5.76. The fourth-order valence-corrected chi connectivity index (χ4v) is 5.55. The molecule has 0 saturated carbocycles. The van der Waals surface area contributed by atoms with Gasteiger partial charge in [-0.25, -0.2) is 34.9 Å². The van der Waals surface area contributed by atoms with Crippen molar-refractivity contribution in [3.05, 3.63) is 164 Å². The van der Waals surface area contributed by atoms with Crippen LogP contribution in [0, 0.1) is 0 Å². The van der Waals surface area contributed by atoms with E-state index in [1.54, 1.807) is 24.8 Å². The molecule has 0 aliphatic heterocycles. The molecule has 3 aromatic heterocycles. The Morgan fingerprint density at radius 2 is 0.562 bits per heavy atom. The Morgan fingerprint density at radius 1 is 0.229 bits per heavy atom. The van der Waals surface area contributed by atoms with Gasteiger partial charge >= 0.3 is 0 Å². The summed E-state index contributed by atoms with van der Waals surface area (Å²) in [5.74, 6) is 3.23. The van der Waals surface area contributed by atoms with Gasteiger partial charge in [0, 0.05) is 52.6 Å². The Kier molecular flexibility index (Phi) is 7.74. The summed E-state index contributed by atoms with van der Waals surface area (Å²) in [5.41, 5.74) is 8.93. The molecule has 0 amide bonds. The Morgan fingerprint density at radius 3 is 1.00 bits per heavy atom. The molecule has 0 aliphatic carbocycles. The molecule has 0 fully saturated rings. The van der Waals surface area contributed by atoms with Crippen LogP contribution in [0.15, 0.2) is 164 Å². The van der Waals surface area contributed by atoms with Gasteiger partial charge in [0.25, 0.3) is 0 Å². The van der Waals surface area contributed by atoms with Crippen molar-refractivity contribution in [3.8, 4) is 79.2 Å². The van der Waals surface area contributed by atoms with Crippen molar-refractivity contribution in [1.29, 1.82) is 0 Å². The molecule has 0 N–H and O–H groups in total. The van der Waals surface area contributed by atoms with Crippen molar-refractivity contribution in [2.24, 2.45) is 0 Å². The molecule has 0 bridgehead atoms. The number of benzene rings is 5. The minimum Gasteiger partial charge on any atom is -0.237 e. The number of aromatic nitrogens is 7. The second-order valence-electron chi connectivity index (χ2n) is 11.1. The van der Waals surface area contributed by atoms with E-state index in [0.29, 0.717) is 29.1 Å². The number of nitrogens with zero attached hydrogens (tertiary/aromatic N) is 7. The first-order chi connectivity index (χ1) is 23.8. The van der Waals surface area contributed by atoms with Crippen LogP contribution in [0.2, 0.25) is 0 Å². The minimum atomic E-state index is 0.604. The van der Waals surface area contributed by atoms with E-state index in [0.717, 1.165) is 50.1 Å². The Hall–Kier alpha value is -6.73. The van der Waals surface area contributed by atoms with Crippen LogP contribution in [0.3, 0.4) is 0 Å². The van der Waals surface area contributed by atoms with Gasteiger partial charge < -0.3 is 0 Å². The number of hydrogen-bond donors (Lipinski definition) is 0. The summed E-state index contributed by atoms with van der Waals surface area (Å²) in [6.45, 7) is 0. The van der Waals surface area contributed by atoms with Crippen LogP contribution in [0.4, 0.5) is 0 Å². The first-order valence-corrected chi connectivity index (χ1v) is 15.5. The van der Waals surface area contributed by atoms with Gasteiger partial charge in [0.05, 0.1) is 0 Å². The predicted octanol–water partition coefficient (Wildman–Crippen LogP) is 9.12. The van der Waals surface area contributed by atoms with Crippen LogP contribution in [0.25, 0.3) is 79.2 Å². The predicted molar refractivity (Wildman–Crippen MR) is 189 cm³/mol. The largest absolute Gasteiger partial charge is 0.237 e. The van der Waals surface area contributed by atoms with Gasteiger partial charge in [-0.2, -0.15) is 0 Å². The fourth-order valence-electron chi connectivity index (χ4n) is 5.55. The quantitative estimate of drug-likeness (QED) is 0.176. The summed E-state index contributed by atoms with van der Waals surface area (Å²) in [6.07, 6.45) is 7.01. The molecule has 5 aromatic carbocycles. The third-order valence-electron chi connectivity index (χ3n) is 7.99. The Labute approximate surface area is 277 Å². The lowest BCUT2D eigenvalue weighted by Gasteiger charge is -2.11. The topological polar surface area (TPSA) is 90.2 Å². The summed E-state index contributed by atoms with van der Waals surface area (Å²) in [5, 5.41) is 0. The maximum Gasteiger partial charge on any atom is 0.164 e. The molecular weight excluding hydrogens is 591 g/mol. The second kappa shape index (κ2) is 12.9. The molecule has 3 heterocycles. The highest BCUT2D eigenvalue weighted by atomic mass is 15.0. The van der Waals surface area contributed by atoms with E-state index in [4.69, 9.17) is 15.0 Å². The summed E-state index contributed by atoms with van der Waals surface area (Å²) in [4.78, 5) is 32.4. The van der Waals surface area contributed by atoms with Crippen LogP contribution >= 0.6 is 0 Å². The third kappa shape index (κ3) is 6.08. The molecule has 7 nitrogen and oxygen atoms in total. The molecule has 0 aliphatic rings. The molecule has 8 aromatic rings. The van der Waals surface area contributed by atoms with Crippen LogP contribution in [0.1, 0.15) is 0 Å². The first-order valence-electron chi connectivity index (χ1n) is 15.5. The van der Waals surface area contributed by atoms with Crippen molar-refractivity contribution in [2.75, 3.05) is 0 Å². The lowest BCUT2D eigenvalue weighted by Crippen LogP contribution is -2.00. The average molecular weight is 618 g/mol. The van der Waals surface area contributed by atoms with E-state index >= 15 is 0 Å². The van der Waals surface area contributed by atoms with E-state index in [1.807, 2.05) is 91.0 Å². The molecule has 8 rings (SSSR count). The average Bonchev–Trinajstić information content (AvgIpc) is 3.19. The SMILES string of the molecule is c1ccc(-c2nc(-c3cccc(-c4ccc(-c5ncccn5)cc4)c3)nc(-c3cccc(-c4ccc(-c5ncccn5)cc4)c3)n2)cc1. The molecule has 0 saturated heterocycles. The molecule has 48 heavy (non-hydrogen) atoms. The van der Waals surface area contributed by atoms with Gasteiger partial charge in [0.1, 0.15) is 0 Å².